The fourth-order valence-electron chi connectivity index (χ4n) is 4.77. The molecule has 5 nitrogen and oxygen atoms in total. The van der Waals surface area contributed by atoms with E-state index in [2.05, 4.69) is 14.9 Å². The predicted octanol–water partition coefficient (Wildman–Crippen LogP) is 2.63. The fraction of sp³-hybridized carbons (Fsp3) is 0.789. The standard InChI is InChI=1S/C19H30N4O/c1-2-23-17(7-10-20-23)18(24)22-12-4-9-19(15-22)8-3-11-21(14-19)13-16-5-6-16/h7,10,16H,2-6,8-9,11-15H2,1H3. The van der Waals surface area contributed by atoms with E-state index in [0.29, 0.717) is 5.41 Å². The maximum Gasteiger partial charge on any atom is 0.272 e. The Morgan fingerprint density at radius 3 is 2.79 bits per heavy atom. The van der Waals surface area contributed by atoms with Crippen LogP contribution < -0.4 is 0 Å². The highest BCUT2D eigenvalue weighted by molar-refractivity contribution is 5.92. The van der Waals surface area contributed by atoms with Gasteiger partial charge in [0.2, 0.25) is 0 Å². The number of piperidine rings is 2. The highest BCUT2D eigenvalue weighted by Crippen LogP contribution is 2.40. The number of amides is 1. The highest BCUT2D eigenvalue weighted by Gasteiger charge is 2.41. The molecule has 3 fully saturated rings. The van der Waals surface area contributed by atoms with Crippen LogP contribution >= 0.6 is 0 Å². The molecule has 3 aliphatic rings. The minimum atomic E-state index is 0.174. The molecule has 0 aromatic carbocycles. The number of aromatic nitrogens is 2. The number of hydrogen-bond acceptors (Lipinski definition) is 3. The molecule has 1 spiro atoms. The Kier molecular flexibility index (Phi) is 4.37. The number of hydrogen-bond donors (Lipinski definition) is 0. The van der Waals surface area contributed by atoms with Crippen LogP contribution in [0.4, 0.5) is 0 Å². The van der Waals surface area contributed by atoms with Crippen LogP contribution in [0.2, 0.25) is 0 Å². The maximum atomic E-state index is 13.0. The summed E-state index contributed by atoms with van der Waals surface area (Å²) in [4.78, 5) is 17.8. The van der Waals surface area contributed by atoms with Crippen LogP contribution in [0, 0.1) is 11.3 Å². The molecule has 1 aromatic heterocycles. The van der Waals surface area contributed by atoms with Crippen LogP contribution in [0.25, 0.3) is 0 Å². The topological polar surface area (TPSA) is 41.4 Å². The van der Waals surface area contributed by atoms with Crippen molar-refractivity contribution < 1.29 is 4.79 Å². The molecule has 1 aliphatic carbocycles. The number of carbonyl (C=O) groups is 1. The maximum absolute atomic E-state index is 13.0. The van der Waals surface area contributed by atoms with Crippen molar-refractivity contribution in [2.24, 2.45) is 11.3 Å². The summed E-state index contributed by atoms with van der Waals surface area (Å²) >= 11 is 0. The van der Waals surface area contributed by atoms with Crippen molar-refractivity contribution in [3.63, 3.8) is 0 Å². The van der Waals surface area contributed by atoms with Crippen molar-refractivity contribution in [1.29, 1.82) is 0 Å². The molecular weight excluding hydrogens is 300 g/mol. The molecule has 5 heteroatoms. The normalized spacial score (nSPS) is 28.5. The Bertz CT molecular complexity index is 590. The van der Waals surface area contributed by atoms with E-state index in [9.17, 15) is 4.79 Å². The molecule has 1 aromatic rings. The lowest BCUT2D eigenvalue weighted by molar-refractivity contribution is 0.0119. The number of nitrogens with zero attached hydrogens (tertiary/aromatic N) is 4. The summed E-state index contributed by atoms with van der Waals surface area (Å²) in [5, 5.41) is 4.27. The zero-order chi connectivity index (χ0) is 16.6. The number of rotatable bonds is 4. The van der Waals surface area contributed by atoms with Crippen molar-refractivity contribution in [2.75, 3.05) is 32.7 Å². The van der Waals surface area contributed by atoms with E-state index in [4.69, 9.17) is 0 Å². The molecule has 0 N–H and O–H groups in total. The van der Waals surface area contributed by atoms with Gasteiger partial charge < -0.3 is 9.80 Å². The van der Waals surface area contributed by atoms with Crippen molar-refractivity contribution in [1.82, 2.24) is 19.6 Å². The summed E-state index contributed by atoms with van der Waals surface area (Å²) in [7, 11) is 0. The van der Waals surface area contributed by atoms with Gasteiger partial charge in [0.25, 0.3) is 5.91 Å². The van der Waals surface area contributed by atoms with Crippen LogP contribution in [0.15, 0.2) is 12.3 Å². The van der Waals surface area contributed by atoms with Gasteiger partial charge in [-0.05, 0) is 64.0 Å². The largest absolute Gasteiger partial charge is 0.337 e. The Labute approximate surface area is 145 Å². The van der Waals surface area contributed by atoms with Gasteiger partial charge in [0.1, 0.15) is 5.69 Å². The van der Waals surface area contributed by atoms with Crippen molar-refractivity contribution >= 4 is 5.91 Å². The van der Waals surface area contributed by atoms with Crippen LogP contribution in [-0.4, -0.2) is 58.2 Å². The van der Waals surface area contributed by atoms with Crippen molar-refractivity contribution in [3.8, 4) is 0 Å². The first-order chi connectivity index (χ1) is 11.7. The zero-order valence-corrected chi connectivity index (χ0v) is 14.9. The molecule has 3 heterocycles. The second kappa shape index (κ2) is 6.51. The second-order valence-corrected chi connectivity index (χ2v) is 8.14. The molecule has 4 rings (SSSR count). The third kappa shape index (κ3) is 3.23. The third-order valence-corrected chi connectivity index (χ3v) is 6.14. The average Bonchev–Trinajstić information content (AvgIpc) is 3.27. The van der Waals surface area contributed by atoms with Gasteiger partial charge in [-0.15, -0.1) is 0 Å². The summed E-state index contributed by atoms with van der Waals surface area (Å²) in [6.07, 6.45) is 9.60. The predicted molar refractivity (Wildman–Crippen MR) is 93.9 cm³/mol. The van der Waals surface area contributed by atoms with E-state index in [1.165, 1.54) is 51.7 Å². The van der Waals surface area contributed by atoms with Gasteiger partial charge in [-0.2, -0.15) is 5.10 Å². The number of aryl methyl sites for hydroxylation is 1. The summed E-state index contributed by atoms with van der Waals surface area (Å²) in [6.45, 7) is 8.37. The molecule has 2 saturated heterocycles. The van der Waals surface area contributed by atoms with Gasteiger partial charge in [0.05, 0.1) is 0 Å². The van der Waals surface area contributed by atoms with Crippen LogP contribution in [0.3, 0.4) is 0 Å². The van der Waals surface area contributed by atoms with E-state index < -0.39 is 0 Å². The first-order valence-electron chi connectivity index (χ1n) is 9.72. The van der Waals surface area contributed by atoms with Crippen molar-refractivity contribution in [3.05, 3.63) is 18.0 Å². The van der Waals surface area contributed by atoms with Crippen LogP contribution in [0.1, 0.15) is 55.9 Å². The van der Waals surface area contributed by atoms with Gasteiger partial charge in [-0.25, -0.2) is 0 Å². The van der Waals surface area contributed by atoms with E-state index in [0.717, 1.165) is 37.7 Å². The van der Waals surface area contributed by atoms with E-state index in [-0.39, 0.29) is 5.91 Å². The van der Waals surface area contributed by atoms with Crippen LogP contribution in [-0.2, 0) is 6.54 Å². The minimum absolute atomic E-state index is 0.174. The number of carbonyl (C=O) groups excluding carboxylic acids is 1. The van der Waals surface area contributed by atoms with E-state index in [1.54, 1.807) is 6.20 Å². The second-order valence-electron chi connectivity index (χ2n) is 8.14. The summed E-state index contributed by atoms with van der Waals surface area (Å²) in [6, 6.07) is 1.87. The Morgan fingerprint density at radius 1 is 1.25 bits per heavy atom. The van der Waals surface area contributed by atoms with Gasteiger partial charge in [0, 0.05) is 44.3 Å². The molecule has 1 atom stereocenters. The molecular formula is C19H30N4O. The molecule has 1 amide bonds. The zero-order valence-electron chi connectivity index (χ0n) is 14.9. The minimum Gasteiger partial charge on any atom is -0.337 e. The number of likely N-dealkylation sites (tertiary alicyclic amines) is 2. The molecule has 24 heavy (non-hydrogen) atoms. The lowest BCUT2D eigenvalue weighted by atomic mass is 9.73. The molecule has 1 unspecified atom stereocenters. The summed E-state index contributed by atoms with van der Waals surface area (Å²) in [5.41, 5.74) is 1.08. The van der Waals surface area contributed by atoms with Gasteiger partial charge in [-0.3, -0.25) is 9.48 Å². The molecule has 1 saturated carbocycles. The Morgan fingerprint density at radius 2 is 2.04 bits per heavy atom. The van der Waals surface area contributed by atoms with Gasteiger partial charge in [0.15, 0.2) is 0 Å². The first kappa shape index (κ1) is 16.1. The molecule has 0 bridgehead atoms. The Balaban J connectivity index is 1.45. The molecule has 0 radical (unpaired) electrons. The monoisotopic (exact) mass is 330 g/mol. The van der Waals surface area contributed by atoms with Crippen molar-refractivity contribution in [2.45, 2.75) is 52.0 Å². The molecule has 132 valence electrons. The average molecular weight is 330 g/mol. The lowest BCUT2D eigenvalue weighted by Gasteiger charge is -2.48. The van der Waals surface area contributed by atoms with E-state index >= 15 is 0 Å². The SMILES string of the molecule is CCn1nccc1C(=O)N1CCCC2(CCCN(CC3CC3)C2)C1. The van der Waals surface area contributed by atoms with E-state index in [1.807, 2.05) is 17.7 Å². The molecule has 2 aliphatic heterocycles. The van der Waals surface area contributed by atoms with Gasteiger partial charge in [-0.1, -0.05) is 0 Å². The third-order valence-electron chi connectivity index (χ3n) is 6.14. The fourth-order valence-corrected chi connectivity index (χ4v) is 4.77. The van der Waals surface area contributed by atoms with Crippen LogP contribution in [0.5, 0.6) is 0 Å². The summed E-state index contributed by atoms with van der Waals surface area (Å²) < 4.78 is 1.82. The summed E-state index contributed by atoms with van der Waals surface area (Å²) in [5.74, 6) is 1.13. The lowest BCUT2D eigenvalue weighted by Crippen LogP contribution is -2.54. The van der Waals surface area contributed by atoms with Gasteiger partial charge >= 0.3 is 0 Å². The quantitative estimate of drug-likeness (QED) is 0.852. The smallest absolute Gasteiger partial charge is 0.272 e. The highest BCUT2D eigenvalue weighted by atomic mass is 16.2. The first-order valence-corrected chi connectivity index (χ1v) is 9.72. The Hall–Kier alpha value is -1.36.